The maximum Gasteiger partial charge on any atom is 0.241 e. The van der Waals surface area contributed by atoms with E-state index in [0.29, 0.717) is 12.5 Å². The molecule has 1 rings (SSSR count). The number of likely N-dealkylation sites (N-methyl/N-ethyl adjacent to an activating group) is 1. The molecule has 5 nitrogen and oxygen atoms in total. The van der Waals surface area contributed by atoms with Gasteiger partial charge in [-0.15, -0.1) is 0 Å². The third-order valence-corrected chi connectivity index (χ3v) is 2.69. The van der Waals surface area contributed by atoms with E-state index in [1.54, 1.807) is 0 Å². The predicted molar refractivity (Wildman–Crippen MR) is 65.2 cm³/mol. The average molecular weight is 226 g/mol. The summed E-state index contributed by atoms with van der Waals surface area (Å²) in [7, 11) is 0. The lowest BCUT2D eigenvalue weighted by molar-refractivity contribution is -0.119. The summed E-state index contributed by atoms with van der Waals surface area (Å²) in [5, 5.41) is 2.70. The molecule has 5 heteroatoms. The Kier molecular flexibility index (Phi) is 5.67. The molecule has 92 valence electrons. The third-order valence-electron chi connectivity index (χ3n) is 2.69. The first-order valence-electron chi connectivity index (χ1n) is 6.05. The zero-order chi connectivity index (χ0) is 11.8. The van der Waals surface area contributed by atoms with Gasteiger partial charge in [-0.2, -0.15) is 0 Å². The van der Waals surface area contributed by atoms with E-state index in [1.165, 1.54) is 12.8 Å². The van der Waals surface area contributed by atoms with Gasteiger partial charge in [-0.1, -0.05) is 12.8 Å². The van der Waals surface area contributed by atoms with Gasteiger partial charge in [0.25, 0.3) is 0 Å². The van der Waals surface area contributed by atoms with Crippen molar-refractivity contribution < 1.29 is 4.79 Å². The van der Waals surface area contributed by atoms with Crippen LogP contribution in [-0.4, -0.2) is 42.9 Å². The van der Waals surface area contributed by atoms with E-state index in [1.807, 2.05) is 6.92 Å². The molecule has 0 aromatic heterocycles. The summed E-state index contributed by atoms with van der Waals surface area (Å²) in [6.45, 7) is 4.59. The molecule has 0 aliphatic carbocycles. The molecular formula is C11H22N4O. The van der Waals surface area contributed by atoms with Gasteiger partial charge in [0.1, 0.15) is 6.54 Å². The van der Waals surface area contributed by atoms with E-state index < -0.39 is 0 Å². The normalized spacial score (nSPS) is 18.1. The lowest BCUT2D eigenvalue weighted by Crippen LogP contribution is -2.39. The van der Waals surface area contributed by atoms with E-state index in [2.05, 4.69) is 15.2 Å². The molecule has 0 bridgehead atoms. The fourth-order valence-electron chi connectivity index (χ4n) is 1.81. The van der Waals surface area contributed by atoms with Crippen LogP contribution in [0, 0.1) is 0 Å². The second-order valence-electron chi connectivity index (χ2n) is 4.03. The van der Waals surface area contributed by atoms with Crippen molar-refractivity contribution in [1.29, 1.82) is 0 Å². The fraction of sp³-hybridized carbons (Fsp3) is 0.818. The molecule has 0 radical (unpaired) electrons. The smallest absolute Gasteiger partial charge is 0.241 e. The molecule has 1 heterocycles. The molecule has 0 aromatic carbocycles. The van der Waals surface area contributed by atoms with E-state index in [9.17, 15) is 4.79 Å². The van der Waals surface area contributed by atoms with Crippen LogP contribution in [0.25, 0.3) is 0 Å². The molecule has 0 spiro atoms. The van der Waals surface area contributed by atoms with Crippen LogP contribution >= 0.6 is 0 Å². The number of hydrogen-bond acceptors (Lipinski definition) is 2. The van der Waals surface area contributed by atoms with Crippen molar-refractivity contribution in [2.45, 2.75) is 32.6 Å². The number of amides is 1. The number of nitrogens with zero attached hydrogens (tertiary/aromatic N) is 2. The second-order valence-corrected chi connectivity index (χ2v) is 4.03. The lowest BCUT2D eigenvalue weighted by atomic mass is 10.2. The number of likely N-dealkylation sites (tertiary alicyclic amines) is 1. The van der Waals surface area contributed by atoms with Crippen LogP contribution in [0.15, 0.2) is 4.99 Å². The van der Waals surface area contributed by atoms with Gasteiger partial charge in [0.05, 0.1) is 0 Å². The van der Waals surface area contributed by atoms with Crippen molar-refractivity contribution >= 4 is 11.9 Å². The van der Waals surface area contributed by atoms with Crippen LogP contribution in [0.2, 0.25) is 0 Å². The van der Waals surface area contributed by atoms with Crippen LogP contribution in [0.1, 0.15) is 32.6 Å². The zero-order valence-electron chi connectivity index (χ0n) is 10.0. The number of carbonyl (C=O) groups excluding carboxylic acids is 1. The largest absolute Gasteiger partial charge is 0.370 e. The number of rotatable bonds is 3. The molecule has 1 saturated heterocycles. The summed E-state index contributed by atoms with van der Waals surface area (Å²) in [6.07, 6.45) is 4.86. The van der Waals surface area contributed by atoms with E-state index >= 15 is 0 Å². The zero-order valence-corrected chi connectivity index (χ0v) is 10.0. The van der Waals surface area contributed by atoms with Crippen LogP contribution in [0.3, 0.4) is 0 Å². The highest BCUT2D eigenvalue weighted by Gasteiger charge is 2.10. The van der Waals surface area contributed by atoms with E-state index in [-0.39, 0.29) is 12.5 Å². The summed E-state index contributed by atoms with van der Waals surface area (Å²) in [4.78, 5) is 17.4. The first kappa shape index (κ1) is 12.8. The topological polar surface area (TPSA) is 70.7 Å². The first-order valence-corrected chi connectivity index (χ1v) is 6.05. The van der Waals surface area contributed by atoms with Crippen molar-refractivity contribution in [3.05, 3.63) is 0 Å². The number of carbonyl (C=O) groups is 1. The van der Waals surface area contributed by atoms with E-state index in [4.69, 9.17) is 5.73 Å². The molecule has 1 aliphatic rings. The Bertz CT molecular complexity index is 244. The Morgan fingerprint density at radius 1 is 1.31 bits per heavy atom. The number of aliphatic imine (C=N–C) groups is 1. The van der Waals surface area contributed by atoms with Gasteiger partial charge >= 0.3 is 0 Å². The molecule has 16 heavy (non-hydrogen) atoms. The van der Waals surface area contributed by atoms with Gasteiger partial charge < -0.3 is 16.0 Å². The highest BCUT2D eigenvalue weighted by atomic mass is 16.1. The van der Waals surface area contributed by atoms with Gasteiger partial charge in [0, 0.05) is 19.6 Å². The highest BCUT2D eigenvalue weighted by molar-refractivity contribution is 5.83. The maximum absolute atomic E-state index is 11.2. The van der Waals surface area contributed by atoms with Crippen LogP contribution in [0.4, 0.5) is 0 Å². The highest BCUT2D eigenvalue weighted by Crippen LogP contribution is 2.08. The van der Waals surface area contributed by atoms with Gasteiger partial charge in [-0.3, -0.25) is 4.79 Å². The van der Waals surface area contributed by atoms with Crippen LogP contribution < -0.4 is 11.1 Å². The number of nitrogens with one attached hydrogen (secondary N) is 1. The van der Waals surface area contributed by atoms with Crippen molar-refractivity contribution in [3.8, 4) is 0 Å². The molecular weight excluding hydrogens is 204 g/mol. The van der Waals surface area contributed by atoms with Gasteiger partial charge in [0.15, 0.2) is 5.96 Å². The Morgan fingerprint density at radius 3 is 2.50 bits per heavy atom. The number of nitrogens with two attached hydrogens (primary N) is 1. The quantitative estimate of drug-likeness (QED) is 0.537. The summed E-state index contributed by atoms with van der Waals surface area (Å²) in [5.41, 5.74) is 5.86. The minimum absolute atomic E-state index is 0.0692. The number of guanidine groups is 1. The summed E-state index contributed by atoms with van der Waals surface area (Å²) >= 11 is 0. The second kappa shape index (κ2) is 7.09. The maximum atomic E-state index is 11.2. The van der Waals surface area contributed by atoms with Crippen molar-refractivity contribution in [1.82, 2.24) is 10.2 Å². The standard InChI is InChI=1S/C11H22N4O/c1-2-13-10(16)9-14-11(12)15-7-5-3-4-6-8-15/h2-9H2,1H3,(H2,12,14)(H,13,16). The van der Waals surface area contributed by atoms with Crippen LogP contribution in [0.5, 0.6) is 0 Å². The molecule has 0 saturated carbocycles. The van der Waals surface area contributed by atoms with E-state index in [0.717, 1.165) is 25.9 Å². The lowest BCUT2D eigenvalue weighted by Gasteiger charge is -2.20. The fourth-order valence-corrected chi connectivity index (χ4v) is 1.81. The Morgan fingerprint density at radius 2 is 1.94 bits per heavy atom. The summed E-state index contributed by atoms with van der Waals surface area (Å²) in [5.74, 6) is 0.438. The third kappa shape index (κ3) is 4.51. The summed E-state index contributed by atoms with van der Waals surface area (Å²) < 4.78 is 0. The van der Waals surface area contributed by atoms with Gasteiger partial charge in [-0.05, 0) is 19.8 Å². The molecule has 0 unspecified atom stereocenters. The average Bonchev–Trinajstić information content (AvgIpc) is 2.55. The SMILES string of the molecule is CCNC(=O)CN=C(N)N1CCCCCC1. The number of hydrogen-bond donors (Lipinski definition) is 2. The summed E-state index contributed by atoms with van der Waals surface area (Å²) in [6, 6.07) is 0. The Balaban J connectivity index is 2.38. The Hall–Kier alpha value is -1.26. The molecule has 0 aromatic rings. The van der Waals surface area contributed by atoms with Crippen molar-refractivity contribution in [3.63, 3.8) is 0 Å². The monoisotopic (exact) mass is 226 g/mol. The minimum atomic E-state index is -0.0692. The molecule has 3 N–H and O–H groups in total. The van der Waals surface area contributed by atoms with Gasteiger partial charge in [0.2, 0.25) is 5.91 Å². The molecule has 1 aliphatic heterocycles. The molecule has 0 atom stereocenters. The van der Waals surface area contributed by atoms with Gasteiger partial charge in [-0.25, -0.2) is 4.99 Å². The molecule has 1 amide bonds. The van der Waals surface area contributed by atoms with Crippen LogP contribution in [-0.2, 0) is 4.79 Å². The molecule has 1 fully saturated rings. The first-order chi connectivity index (χ1) is 7.74. The van der Waals surface area contributed by atoms with Crippen molar-refractivity contribution in [2.24, 2.45) is 10.7 Å². The predicted octanol–water partition coefficient (Wildman–Crippen LogP) is 0.313. The van der Waals surface area contributed by atoms with Crippen molar-refractivity contribution in [2.75, 3.05) is 26.2 Å². The Labute approximate surface area is 97.1 Å². The minimum Gasteiger partial charge on any atom is -0.370 e.